The molecule has 3 rings (SSSR count). The summed E-state index contributed by atoms with van der Waals surface area (Å²) in [5.41, 5.74) is -1.97. The van der Waals surface area contributed by atoms with Crippen LogP contribution in [-0.4, -0.2) is 46.8 Å². The second-order valence-corrected chi connectivity index (χ2v) is 6.08. The van der Waals surface area contributed by atoms with Crippen LogP contribution < -0.4 is 0 Å². The topological polar surface area (TPSA) is 58.9 Å². The number of hydrogen-bond donors (Lipinski definition) is 2. The molecule has 3 aliphatic rings. The van der Waals surface area contributed by atoms with Gasteiger partial charge in [0.2, 0.25) is 0 Å². The van der Waals surface area contributed by atoms with Crippen LogP contribution in [0.4, 0.5) is 0 Å². The molecule has 2 heterocycles. The monoisotopic (exact) mass is 268 g/mol. The van der Waals surface area contributed by atoms with Crippen LogP contribution >= 0.6 is 0 Å². The number of hydrogen-bond acceptors (Lipinski definition) is 4. The van der Waals surface area contributed by atoms with Gasteiger partial charge in [0.1, 0.15) is 16.8 Å². The van der Waals surface area contributed by atoms with Crippen molar-refractivity contribution in [3.63, 3.8) is 0 Å². The first-order valence-corrected chi connectivity index (χ1v) is 7.47. The smallest absolute Gasteiger partial charge is 0.129 e. The molecule has 0 bridgehead atoms. The van der Waals surface area contributed by atoms with Crippen LogP contribution in [0.25, 0.3) is 0 Å². The Hall–Kier alpha value is -0.420. The molecule has 0 aromatic carbocycles. The lowest BCUT2D eigenvalue weighted by molar-refractivity contribution is -0.244. The lowest BCUT2D eigenvalue weighted by atomic mass is 9.62. The summed E-state index contributed by atoms with van der Waals surface area (Å²) in [6.07, 6.45) is 9.69. The van der Waals surface area contributed by atoms with Gasteiger partial charge in [0, 0.05) is 19.8 Å². The zero-order valence-corrected chi connectivity index (χ0v) is 11.4. The standard InChI is InChI=1S/C15H24O4/c16-10-2-6-13(17)5-1-7-14(8-3-11-18-14)15(13)9-4-12-19-15/h1,5,16-17H,2-4,6-12H2/t13-,14+,15-/m1/s1. The van der Waals surface area contributed by atoms with Crippen molar-refractivity contribution in [2.75, 3.05) is 19.8 Å². The Morgan fingerprint density at radius 1 is 1.11 bits per heavy atom. The van der Waals surface area contributed by atoms with Gasteiger partial charge in [-0.15, -0.1) is 0 Å². The van der Waals surface area contributed by atoms with Gasteiger partial charge in [0.05, 0.1) is 0 Å². The third-order valence-electron chi connectivity index (χ3n) is 5.12. The average molecular weight is 268 g/mol. The molecule has 2 spiro atoms. The fourth-order valence-corrected chi connectivity index (χ4v) is 4.29. The van der Waals surface area contributed by atoms with Crippen molar-refractivity contribution in [2.24, 2.45) is 0 Å². The van der Waals surface area contributed by atoms with Crippen LogP contribution in [0.15, 0.2) is 12.2 Å². The first-order chi connectivity index (χ1) is 9.18. The average Bonchev–Trinajstić information content (AvgIpc) is 3.05. The molecule has 1 aliphatic carbocycles. The van der Waals surface area contributed by atoms with Gasteiger partial charge in [-0.3, -0.25) is 0 Å². The summed E-state index contributed by atoms with van der Waals surface area (Å²) in [6, 6.07) is 0. The SMILES string of the molecule is OCCC[C@]1(O)C=CC[C@]2(CCCO2)[C@@]12CCCO2. The van der Waals surface area contributed by atoms with Gasteiger partial charge in [0.25, 0.3) is 0 Å². The molecule has 0 radical (unpaired) electrons. The first-order valence-electron chi connectivity index (χ1n) is 7.47. The van der Waals surface area contributed by atoms with Gasteiger partial charge in [-0.1, -0.05) is 12.2 Å². The highest BCUT2D eigenvalue weighted by molar-refractivity contribution is 5.28. The van der Waals surface area contributed by atoms with E-state index in [-0.39, 0.29) is 12.2 Å². The fraction of sp³-hybridized carbons (Fsp3) is 0.867. The van der Waals surface area contributed by atoms with Crippen LogP contribution in [0.3, 0.4) is 0 Å². The van der Waals surface area contributed by atoms with E-state index in [4.69, 9.17) is 14.6 Å². The zero-order chi connectivity index (χ0) is 13.4. The third kappa shape index (κ3) is 1.81. The maximum atomic E-state index is 11.2. The maximum absolute atomic E-state index is 11.2. The van der Waals surface area contributed by atoms with E-state index in [0.717, 1.165) is 38.7 Å². The molecule has 4 nitrogen and oxygen atoms in total. The second kappa shape index (κ2) is 4.85. The predicted molar refractivity (Wildman–Crippen MR) is 70.9 cm³/mol. The van der Waals surface area contributed by atoms with Gasteiger partial charge >= 0.3 is 0 Å². The van der Waals surface area contributed by atoms with E-state index >= 15 is 0 Å². The normalized spacial score (nSPS) is 45.6. The van der Waals surface area contributed by atoms with Gasteiger partial charge in [0.15, 0.2) is 0 Å². The summed E-state index contributed by atoms with van der Waals surface area (Å²) < 4.78 is 12.2. The fourth-order valence-electron chi connectivity index (χ4n) is 4.29. The number of ether oxygens (including phenoxy) is 2. The van der Waals surface area contributed by atoms with E-state index in [2.05, 4.69) is 0 Å². The van der Waals surface area contributed by atoms with Crippen LogP contribution in [0.1, 0.15) is 44.9 Å². The molecule has 2 N–H and O–H groups in total. The Morgan fingerprint density at radius 2 is 1.89 bits per heavy atom. The molecule has 0 unspecified atom stereocenters. The summed E-state index contributed by atoms with van der Waals surface area (Å²) in [5, 5.41) is 20.3. The molecule has 2 aliphatic heterocycles. The lowest BCUT2D eigenvalue weighted by Crippen LogP contribution is -2.68. The Kier molecular flexibility index (Phi) is 3.46. The minimum atomic E-state index is -1.01. The molecule has 2 saturated heterocycles. The van der Waals surface area contributed by atoms with Crippen LogP contribution in [-0.2, 0) is 9.47 Å². The Bertz CT molecular complexity index is 353. The minimum Gasteiger partial charge on any atom is -0.396 e. The quantitative estimate of drug-likeness (QED) is 0.762. The molecular weight excluding hydrogens is 244 g/mol. The Morgan fingerprint density at radius 3 is 2.53 bits per heavy atom. The van der Waals surface area contributed by atoms with E-state index in [0.29, 0.717) is 19.4 Å². The van der Waals surface area contributed by atoms with Gasteiger partial charge < -0.3 is 19.7 Å². The molecule has 4 heteroatoms. The predicted octanol–water partition coefficient (Wildman–Crippen LogP) is 1.55. The van der Waals surface area contributed by atoms with E-state index in [1.165, 1.54) is 0 Å². The summed E-state index contributed by atoms with van der Waals surface area (Å²) in [7, 11) is 0. The summed E-state index contributed by atoms with van der Waals surface area (Å²) >= 11 is 0. The highest BCUT2D eigenvalue weighted by Gasteiger charge is 2.66. The minimum absolute atomic E-state index is 0.0973. The van der Waals surface area contributed by atoms with Crippen molar-refractivity contribution >= 4 is 0 Å². The number of aliphatic hydroxyl groups excluding tert-OH is 1. The highest BCUT2D eigenvalue weighted by Crippen LogP contribution is 2.55. The number of rotatable bonds is 3. The molecular formula is C15H24O4. The van der Waals surface area contributed by atoms with Crippen molar-refractivity contribution in [1.29, 1.82) is 0 Å². The van der Waals surface area contributed by atoms with E-state index in [1.807, 2.05) is 12.2 Å². The second-order valence-electron chi connectivity index (χ2n) is 6.08. The summed E-state index contributed by atoms with van der Waals surface area (Å²) in [5.74, 6) is 0. The summed E-state index contributed by atoms with van der Waals surface area (Å²) in [4.78, 5) is 0. The van der Waals surface area contributed by atoms with Crippen LogP contribution in [0.2, 0.25) is 0 Å². The highest BCUT2D eigenvalue weighted by atomic mass is 16.6. The van der Waals surface area contributed by atoms with Crippen molar-refractivity contribution < 1.29 is 19.7 Å². The third-order valence-corrected chi connectivity index (χ3v) is 5.12. The Balaban J connectivity index is 1.98. The molecule has 0 saturated carbocycles. The van der Waals surface area contributed by atoms with Crippen LogP contribution in [0.5, 0.6) is 0 Å². The molecule has 19 heavy (non-hydrogen) atoms. The molecule has 3 atom stereocenters. The van der Waals surface area contributed by atoms with Crippen molar-refractivity contribution in [3.8, 4) is 0 Å². The Labute approximate surface area is 114 Å². The molecule has 0 aromatic heterocycles. The molecule has 108 valence electrons. The van der Waals surface area contributed by atoms with E-state index < -0.39 is 11.2 Å². The van der Waals surface area contributed by atoms with Gasteiger partial charge in [-0.05, 0) is 44.9 Å². The number of aliphatic hydroxyl groups is 2. The van der Waals surface area contributed by atoms with Gasteiger partial charge in [-0.25, -0.2) is 0 Å². The van der Waals surface area contributed by atoms with Crippen molar-refractivity contribution in [3.05, 3.63) is 12.2 Å². The largest absolute Gasteiger partial charge is 0.396 e. The van der Waals surface area contributed by atoms with E-state index in [9.17, 15) is 5.11 Å². The maximum Gasteiger partial charge on any atom is 0.129 e. The number of fused-ring (bicyclic) bond motifs is 1. The first kappa shape index (κ1) is 13.6. The molecule has 0 aromatic rings. The van der Waals surface area contributed by atoms with E-state index in [1.54, 1.807) is 0 Å². The zero-order valence-electron chi connectivity index (χ0n) is 11.4. The molecule has 0 amide bonds. The lowest BCUT2D eigenvalue weighted by Gasteiger charge is -2.55. The van der Waals surface area contributed by atoms with Crippen LogP contribution in [0, 0.1) is 0 Å². The van der Waals surface area contributed by atoms with Gasteiger partial charge in [-0.2, -0.15) is 0 Å². The van der Waals surface area contributed by atoms with Crippen molar-refractivity contribution in [2.45, 2.75) is 61.7 Å². The summed E-state index contributed by atoms with van der Waals surface area (Å²) in [6.45, 7) is 1.55. The molecule has 2 fully saturated rings. The van der Waals surface area contributed by atoms with Crippen molar-refractivity contribution in [1.82, 2.24) is 0 Å².